The molecular formula is C15H18O. The number of ether oxygens (including phenoxy) is 1. The van der Waals surface area contributed by atoms with Gasteiger partial charge in [-0.1, -0.05) is 43.0 Å². The molecule has 1 aromatic carbocycles. The molecule has 1 nitrogen and oxygen atoms in total. The fraction of sp³-hybridized carbons (Fsp3) is 0.333. The molecule has 1 heteroatoms. The van der Waals surface area contributed by atoms with E-state index < -0.39 is 0 Å². The van der Waals surface area contributed by atoms with Crippen molar-refractivity contribution >= 4 is 0 Å². The number of hydrogen-bond donors (Lipinski definition) is 0. The molecule has 0 bridgehead atoms. The number of hydrogen-bond acceptors (Lipinski definition) is 1. The van der Waals surface area contributed by atoms with Gasteiger partial charge in [-0.05, 0) is 36.5 Å². The second kappa shape index (κ2) is 4.67. The normalized spacial score (nSPS) is 21.9. The number of rotatable bonds is 1. The topological polar surface area (TPSA) is 9.23 Å². The lowest BCUT2D eigenvalue weighted by molar-refractivity contribution is 0.0848. The van der Waals surface area contributed by atoms with Gasteiger partial charge in [-0.25, -0.2) is 0 Å². The molecule has 1 aliphatic rings. The largest absolute Gasteiger partial charge is 0.369 e. The van der Waals surface area contributed by atoms with Crippen molar-refractivity contribution in [3.63, 3.8) is 0 Å². The Hall–Kier alpha value is -1.34. The Labute approximate surface area is 97.4 Å². The van der Waals surface area contributed by atoms with Gasteiger partial charge in [0.15, 0.2) is 0 Å². The summed E-state index contributed by atoms with van der Waals surface area (Å²) in [6.07, 6.45) is 2.04. The zero-order valence-corrected chi connectivity index (χ0v) is 9.83. The lowest BCUT2D eigenvalue weighted by Gasteiger charge is -2.18. The van der Waals surface area contributed by atoms with Gasteiger partial charge in [0.1, 0.15) is 6.10 Å². The van der Waals surface area contributed by atoms with E-state index in [0.29, 0.717) is 0 Å². The van der Waals surface area contributed by atoms with Crippen LogP contribution >= 0.6 is 0 Å². The fourth-order valence-electron chi connectivity index (χ4n) is 1.97. The minimum absolute atomic E-state index is 0.00407. The molecular weight excluding hydrogens is 196 g/mol. The van der Waals surface area contributed by atoms with E-state index in [1.807, 2.05) is 0 Å². The molecule has 1 atom stereocenters. The van der Waals surface area contributed by atoms with Crippen molar-refractivity contribution in [1.82, 2.24) is 0 Å². The van der Waals surface area contributed by atoms with Crippen LogP contribution in [-0.2, 0) is 4.74 Å². The summed E-state index contributed by atoms with van der Waals surface area (Å²) in [7, 11) is 0. The minimum Gasteiger partial charge on any atom is -0.369 e. The molecule has 1 saturated heterocycles. The zero-order chi connectivity index (χ0) is 11.5. The van der Waals surface area contributed by atoms with E-state index in [-0.39, 0.29) is 6.10 Å². The first-order valence-corrected chi connectivity index (χ1v) is 5.73. The van der Waals surface area contributed by atoms with Gasteiger partial charge in [-0.15, -0.1) is 0 Å². The van der Waals surface area contributed by atoms with Crippen LogP contribution in [0.4, 0.5) is 0 Å². The third kappa shape index (κ3) is 2.25. The summed E-state index contributed by atoms with van der Waals surface area (Å²) in [5.74, 6) is 0. The molecule has 1 aromatic rings. The van der Waals surface area contributed by atoms with Crippen LogP contribution in [0.3, 0.4) is 0 Å². The maximum Gasteiger partial charge on any atom is 0.107 e. The van der Waals surface area contributed by atoms with Crippen molar-refractivity contribution in [2.45, 2.75) is 25.9 Å². The van der Waals surface area contributed by atoms with Gasteiger partial charge in [0.25, 0.3) is 0 Å². The van der Waals surface area contributed by atoms with E-state index in [1.54, 1.807) is 0 Å². The van der Waals surface area contributed by atoms with Gasteiger partial charge in [-0.3, -0.25) is 0 Å². The second-order valence-corrected chi connectivity index (χ2v) is 4.39. The summed E-state index contributed by atoms with van der Waals surface area (Å²) in [5, 5.41) is 0. The predicted octanol–water partition coefficient (Wildman–Crippen LogP) is 3.96. The maximum absolute atomic E-state index is 5.85. The molecule has 0 saturated carbocycles. The highest BCUT2D eigenvalue weighted by Gasteiger charge is 2.20. The maximum atomic E-state index is 5.85. The van der Waals surface area contributed by atoms with E-state index in [1.165, 1.54) is 11.1 Å². The molecule has 0 amide bonds. The molecule has 16 heavy (non-hydrogen) atoms. The third-order valence-corrected chi connectivity index (χ3v) is 3.06. The van der Waals surface area contributed by atoms with E-state index in [2.05, 4.69) is 44.3 Å². The molecule has 1 unspecified atom stereocenters. The smallest absolute Gasteiger partial charge is 0.107 e. The zero-order valence-electron chi connectivity index (χ0n) is 9.83. The molecule has 1 heterocycles. The summed E-state index contributed by atoms with van der Waals surface area (Å²) < 4.78 is 5.85. The Morgan fingerprint density at radius 3 is 2.56 bits per heavy atom. The fourth-order valence-corrected chi connectivity index (χ4v) is 1.97. The molecule has 2 rings (SSSR count). The van der Waals surface area contributed by atoms with Gasteiger partial charge in [-0.2, -0.15) is 0 Å². The second-order valence-electron chi connectivity index (χ2n) is 4.39. The molecule has 0 aromatic heterocycles. The van der Waals surface area contributed by atoms with Crippen LogP contribution in [0.5, 0.6) is 0 Å². The van der Waals surface area contributed by atoms with Crippen LogP contribution in [0.1, 0.15) is 30.1 Å². The van der Waals surface area contributed by atoms with Crippen molar-refractivity contribution < 1.29 is 4.74 Å². The molecule has 1 aliphatic heterocycles. The molecule has 0 radical (unpaired) electrons. The monoisotopic (exact) mass is 214 g/mol. The van der Waals surface area contributed by atoms with E-state index in [9.17, 15) is 0 Å². The van der Waals surface area contributed by atoms with Gasteiger partial charge in [0, 0.05) is 6.61 Å². The van der Waals surface area contributed by atoms with Crippen molar-refractivity contribution in [3.8, 4) is 0 Å². The quantitative estimate of drug-likeness (QED) is 0.687. The van der Waals surface area contributed by atoms with E-state index in [0.717, 1.165) is 30.6 Å². The number of benzene rings is 1. The highest BCUT2D eigenvalue weighted by molar-refractivity contribution is 5.37. The summed E-state index contributed by atoms with van der Waals surface area (Å²) >= 11 is 0. The van der Waals surface area contributed by atoms with Crippen LogP contribution in [0.15, 0.2) is 48.6 Å². The molecule has 1 fully saturated rings. The number of aryl methyl sites for hydroxylation is 1. The van der Waals surface area contributed by atoms with Crippen LogP contribution in [0, 0.1) is 6.92 Å². The third-order valence-electron chi connectivity index (χ3n) is 3.06. The van der Waals surface area contributed by atoms with Crippen molar-refractivity contribution in [2.24, 2.45) is 0 Å². The standard InChI is InChI=1S/C15H18O/c1-11-6-8-14(9-7-11)15-13(3)12(2)5-4-10-16-15/h6-9,15H,2-5,10H2,1H3. The average Bonchev–Trinajstić information content (AvgIpc) is 2.44. The average molecular weight is 214 g/mol. The van der Waals surface area contributed by atoms with Crippen molar-refractivity contribution in [2.75, 3.05) is 6.61 Å². The van der Waals surface area contributed by atoms with Gasteiger partial charge >= 0.3 is 0 Å². The van der Waals surface area contributed by atoms with E-state index >= 15 is 0 Å². The Morgan fingerprint density at radius 2 is 1.88 bits per heavy atom. The van der Waals surface area contributed by atoms with Gasteiger partial charge < -0.3 is 4.74 Å². The van der Waals surface area contributed by atoms with Crippen molar-refractivity contribution in [1.29, 1.82) is 0 Å². The lowest BCUT2D eigenvalue weighted by atomic mass is 9.95. The summed E-state index contributed by atoms with van der Waals surface area (Å²) in [6.45, 7) is 11.1. The van der Waals surface area contributed by atoms with Crippen LogP contribution in [0.25, 0.3) is 0 Å². The Kier molecular flexibility index (Phi) is 3.25. The Bertz CT molecular complexity index is 400. The van der Waals surface area contributed by atoms with Crippen LogP contribution in [0.2, 0.25) is 0 Å². The van der Waals surface area contributed by atoms with Gasteiger partial charge in [0.05, 0.1) is 0 Å². The first kappa shape index (κ1) is 11.2. The Balaban J connectivity index is 2.27. The lowest BCUT2D eigenvalue weighted by Crippen LogP contribution is -2.05. The summed E-state index contributed by atoms with van der Waals surface area (Å²) in [6, 6.07) is 8.45. The molecule has 0 spiro atoms. The molecule has 84 valence electrons. The predicted molar refractivity (Wildman–Crippen MR) is 67.4 cm³/mol. The van der Waals surface area contributed by atoms with Gasteiger partial charge in [0.2, 0.25) is 0 Å². The first-order valence-electron chi connectivity index (χ1n) is 5.73. The Morgan fingerprint density at radius 1 is 1.19 bits per heavy atom. The van der Waals surface area contributed by atoms with Crippen molar-refractivity contribution in [3.05, 3.63) is 59.7 Å². The minimum atomic E-state index is -0.00407. The first-order chi connectivity index (χ1) is 7.68. The molecule has 0 aliphatic carbocycles. The summed E-state index contributed by atoms with van der Waals surface area (Å²) in [5.41, 5.74) is 4.60. The highest BCUT2D eigenvalue weighted by Crippen LogP contribution is 2.33. The van der Waals surface area contributed by atoms with Crippen LogP contribution < -0.4 is 0 Å². The van der Waals surface area contributed by atoms with Crippen LogP contribution in [-0.4, -0.2) is 6.61 Å². The highest BCUT2D eigenvalue weighted by atomic mass is 16.5. The summed E-state index contributed by atoms with van der Waals surface area (Å²) in [4.78, 5) is 0. The SMILES string of the molecule is C=C1CCCOC(c2ccc(C)cc2)C1=C. The molecule has 0 N–H and O–H groups in total. The van der Waals surface area contributed by atoms with E-state index in [4.69, 9.17) is 4.74 Å².